The van der Waals surface area contributed by atoms with E-state index in [2.05, 4.69) is 20.5 Å². The van der Waals surface area contributed by atoms with Gasteiger partial charge in [-0.25, -0.2) is 4.98 Å². The van der Waals surface area contributed by atoms with E-state index >= 15 is 0 Å². The molecule has 1 aliphatic carbocycles. The molecule has 3 rings (SSSR count). The van der Waals surface area contributed by atoms with E-state index in [1.165, 1.54) is 0 Å². The topological polar surface area (TPSA) is 79.9 Å². The average molecular weight is 286 g/mol. The Bertz CT molecular complexity index is 634. The number of rotatable bonds is 6. The molecule has 0 saturated heterocycles. The first-order chi connectivity index (χ1) is 10.3. The fourth-order valence-electron chi connectivity index (χ4n) is 2.17. The highest BCUT2D eigenvalue weighted by Crippen LogP contribution is 2.37. The molecule has 21 heavy (non-hydrogen) atoms. The summed E-state index contributed by atoms with van der Waals surface area (Å²) < 4.78 is 5.10. The SMILES string of the molecule is COCc1cccc(CNC(=O)c2n[nH]c(C3CC3)n2)c1. The summed E-state index contributed by atoms with van der Waals surface area (Å²) >= 11 is 0. The highest BCUT2D eigenvalue weighted by Gasteiger charge is 2.28. The summed E-state index contributed by atoms with van der Waals surface area (Å²) in [5.74, 6) is 1.24. The van der Waals surface area contributed by atoms with Crippen LogP contribution in [0.2, 0.25) is 0 Å². The van der Waals surface area contributed by atoms with Crippen LogP contribution in [0, 0.1) is 0 Å². The predicted molar refractivity (Wildman–Crippen MR) is 76.7 cm³/mol. The van der Waals surface area contributed by atoms with Crippen LogP contribution >= 0.6 is 0 Å². The third kappa shape index (κ3) is 3.46. The molecule has 0 bridgehead atoms. The van der Waals surface area contributed by atoms with Crippen molar-refractivity contribution in [2.45, 2.75) is 31.9 Å². The third-order valence-corrected chi connectivity index (χ3v) is 3.43. The zero-order valence-electron chi connectivity index (χ0n) is 11.9. The van der Waals surface area contributed by atoms with Crippen LogP contribution in [0.15, 0.2) is 24.3 Å². The van der Waals surface area contributed by atoms with Crippen LogP contribution in [-0.4, -0.2) is 28.2 Å². The van der Waals surface area contributed by atoms with Crippen LogP contribution in [-0.2, 0) is 17.9 Å². The molecule has 0 unspecified atom stereocenters. The van der Waals surface area contributed by atoms with E-state index in [4.69, 9.17) is 4.74 Å². The van der Waals surface area contributed by atoms with E-state index in [1.807, 2.05) is 24.3 Å². The summed E-state index contributed by atoms with van der Waals surface area (Å²) in [5.41, 5.74) is 2.11. The van der Waals surface area contributed by atoms with E-state index in [9.17, 15) is 4.79 Å². The smallest absolute Gasteiger partial charge is 0.291 e. The second-order valence-corrected chi connectivity index (χ2v) is 5.25. The Hall–Kier alpha value is -2.21. The van der Waals surface area contributed by atoms with Gasteiger partial charge in [0.2, 0.25) is 5.82 Å². The van der Waals surface area contributed by atoms with Crippen molar-refractivity contribution in [3.63, 3.8) is 0 Å². The van der Waals surface area contributed by atoms with Crippen molar-refractivity contribution >= 4 is 5.91 Å². The molecule has 1 amide bonds. The molecule has 0 spiro atoms. The molecule has 6 heteroatoms. The third-order valence-electron chi connectivity index (χ3n) is 3.43. The lowest BCUT2D eigenvalue weighted by Gasteiger charge is -2.05. The number of H-pyrrole nitrogens is 1. The fraction of sp³-hybridized carbons (Fsp3) is 0.400. The number of carbonyl (C=O) groups is 1. The summed E-state index contributed by atoms with van der Waals surface area (Å²) in [7, 11) is 1.66. The first kappa shape index (κ1) is 13.8. The van der Waals surface area contributed by atoms with Gasteiger partial charge in [0, 0.05) is 19.6 Å². The Morgan fingerprint density at radius 3 is 3.00 bits per heavy atom. The second kappa shape index (κ2) is 6.05. The van der Waals surface area contributed by atoms with Crippen molar-refractivity contribution in [2.24, 2.45) is 0 Å². The summed E-state index contributed by atoms with van der Waals surface area (Å²) in [6, 6.07) is 7.92. The number of amides is 1. The number of aromatic amines is 1. The van der Waals surface area contributed by atoms with Crippen molar-refractivity contribution in [1.82, 2.24) is 20.5 Å². The van der Waals surface area contributed by atoms with Gasteiger partial charge in [0.25, 0.3) is 5.91 Å². The molecule has 1 aliphatic rings. The number of nitrogens with one attached hydrogen (secondary N) is 2. The lowest BCUT2D eigenvalue weighted by Crippen LogP contribution is -2.24. The average Bonchev–Trinajstić information content (AvgIpc) is 3.23. The summed E-state index contributed by atoms with van der Waals surface area (Å²) in [5, 5.41) is 9.64. The maximum absolute atomic E-state index is 12.0. The first-order valence-corrected chi connectivity index (χ1v) is 7.03. The van der Waals surface area contributed by atoms with Crippen LogP contribution in [0.4, 0.5) is 0 Å². The van der Waals surface area contributed by atoms with Crippen molar-refractivity contribution in [3.8, 4) is 0 Å². The number of hydrogen-bond donors (Lipinski definition) is 2. The van der Waals surface area contributed by atoms with Gasteiger partial charge >= 0.3 is 0 Å². The first-order valence-electron chi connectivity index (χ1n) is 7.03. The molecule has 0 atom stereocenters. The summed E-state index contributed by atoms with van der Waals surface area (Å²) in [4.78, 5) is 16.2. The van der Waals surface area contributed by atoms with E-state index in [0.717, 1.165) is 29.8 Å². The van der Waals surface area contributed by atoms with Gasteiger partial charge in [0.15, 0.2) is 0 Å². The Morgan fingerprint density at radius 1 is 1.43 bits per heavy atom. The monoisotopic (exact) mass is 286 g/mol. The van der Waals surface area contributed by atoms with Gasteiger partial charge in [-0.2, -0.15) is 0 Å². The van der Waals surface area contributed by atoms with E-state index in [-0.39, 0.29) is 11.7 Å². The number of carbonyl (C=O) groups excluding carboxylic acids is 1. The van der Waals surface area contributed by atoms with Crippen LogP contribution < -0.4 is 5.32 Å². The lowest BCUT2D eigenvalue weighted by molar-refractivity contribution is 0.0941. The van der Waals surface area contributed by atoms with Crippen molar-refractivity contribution in [2.75, 3.05) is 7.11 Å². The van der Waals surface area contributed by atoms with Crippen molar-refractivity contribution in [3.05, 3.63) is 47.0 Å². The fourth-order valence-corrected chi connectivity index (χ4v) is 2.17. The van der Waals surface area contributed by atoms with E-state index in [1.54, 1.807) is 7.11 Å². The second-order valence-electron chi connectivity index (χ2n) is 5.25. The number of nitrogens with zero attached hydrogens (tertiary/aromatic N) is 2. The number of benzene rings is 1. The van der Waals surface area contributed by atoms with Crippen LogP contribution in [0.1, 0.15) is 46.3 Å². The lowest BCUT2D eigenvalue weighted by atomic mass is 10.1. The molecular weight excluding hydrogens is 268 g/mol. The molecule has 1 heterocycles. The Labute approximate surface area is 122 Å². The van der Waals surface area contributed by atoms with Gasteiger partial charge in [-0.3, -0.25) is 9.89 Å². The van der Waals surface area contributed by atoms with Gasteiger partial charge in [-0.15, -0.1) is 5.10 Å². The minimum absolute atomic E-state index is 0.213. The molecule has 2 aromatic rings. The van der Waals surface area contributed by atoms with E-state index in [0.29, 0.717) is 19.1 Å². The molecule has 2 N–H and O–H groups in total. The molecule has 0 radical (unpaired) electrons. The molecule has 0 aliphatic heterocycles. The maximum atomic E-state index is 12.0. The van der Waals surface area contributed by atoms with Gasteiger partial charge in [0.1, 0.15) is 5.82 Å². The molecule has 6 nitrogen and oxygen atoms in total. The minimum atomic E-state index is -0.254. The van der Waals surface area contributed by atoms with Crippen LogP contribution in [0.5, 0.6) is 0 Å². The predicted octanol–water partition coefficient (Wildman–Crippen LogP) is 1.76. The molecule has 1 aromatic heterocycles. The zero-order chi connectivity index (χ0) is 14.7. The maximum Gasteiger partial charge on any atom is 0.291 e. The molecule has 1 fully saturated rings. The van der Waals surface area contributed by atoms with E-state index < -0.39 is 0 Å². The largest absolute Gasteiger partial charge is 0.380 e. The normalized spacial score (nSPS) is 14.1. The van der Waals surface area contributed by atoms with Gasteiger partial charge in [-0.1, -0.05) is 24.3 Å². The molecule has 1 aromatic carbocycles. The van der Waals surface area contributed by atoms with Crippen LogP contribution in [0.3, 0.4) is 0 Å². The van der Waals surface area contributed by atoms with Gasteiger partial charge in [-0.05, 0) is 24.0 Å². The van der Waals surface area contributed by atoms with Crippen LogP contribution in [0.25, 0.3) is 0 Å². The highest BCUT2D eigenvalue weighted by molar-refractivity contribution is 5.90. The Morgan fingerprint density at radius 2 is 2.24 bits per heavy atom. The molecule has 110 valence electrons. The van der Waals surface area contributed by atoms with Gasteiger partial charge in [0.05, 0.1) is 6.61 Å². The molecular formula is C15H18N4O2. The number of hydrogen-bond acceptors (Lipinski definition) is 4. The Kier molecular flexibility index (Phi) is 3.96. The quantitative estimate of drug-likeness (QED) is 0.848. The van der Waals surface area contributed by atoms with Gasteiger partial charge < -0.3 is 10.1 Å². The molecule has 1 saturated carbocycles. The summed E-state index contributed by atoms with van der Waals surface area (Å²) in [6.07, 6.45) is 2.26. The highest BCUT2D eigenvalue weighted by atomic mass is 16.5. The number of ether oxygens (including phenoxy) is 1. The minimum Gasteiger partial charge on any atom is -0.380 e. The number of aromatic nitrogens is 3. The van der Waals surface area contributed by atoms with Crippen molar-refractivity contribution < 1.29 is 9.53 Å². The van der Waals surface area contributed by atoms with Crippen molar-refractivity contribution in [1.29, 1.82) is 0 Å². The number of methoxy groups -OCH3 is 1. The summed E-state index contributed by atoms with van der Waals surface area (Å²) in [6.45, 7) is 1.01. The zero-order valence-corrected chi connectivity index (χ0v) is 11.9. The standard InChI is InChI=1S/C15H18N4O2/c1-21-9-11-4-2-3-10(7-11)8-16-15(20)14-17-13(18-19-14)12-5-6-12/h2-4,7,12H,5-6,8-9H2,1H3,(H,16,20)(H,17,18,19). The Balaban J connectivity index is 1.58.